The zero-order valence-electron chi connectivity index (χ0n) is 13.9. The van der Waals surface area contributed by atoms with Crippen molar-refractivity contribution in [3.8, 4) is 0 Å². The van der Waals surface area contributed by atoms with E-state index in [1.807, 2.05) is 0 Å². The van der Waals surface area contributed by atoms with Crippen LogP contribution in [0.3, 0.4) is 0 Å². The second-order valence-corrected chi connectivity index (χ2v) is 7.37. The molecular formula is C17H26O3S2. The second kappa shape index (κ2) is 9.18. The summed E-state index contributed by atoms with van der Waals surface area (Å²) in [6, 6.07) is 4.51. The Balaban J connectivity index is 2.26. The summed E-state index contributed by atoms with van der Waals surface area (Å²) < 4.78 is 17.0. The number of thioether (sulfide) groups is 2. The van der Waals surface area contributed by atoms with Gasteiger partial charge in [-0.3, -0.25) is 0 Å². The molecule has 5 heteroatoms. The predicted molar refractivity (Wildman–Crippen MR) is 95.6 cm³/mol. The van der Waals surface area contributed by atoms with Gasteiger partial charge in [0.05, 0.1) is 31.7 Å². The summed E-state index contributed by atoms with van der Waals surface area (Å²) in [7, 11) is 0. The summed E-state index contributed by atoms with van der Waals surface area (Å²) in [5, 5.41) is 0. The van der Waals surface area contributed by atoms with E-state index in [0.29, 0.717) is 19.1 Å². The van der Waals surface area contributed by atoms with Gasteiger partial charge in [-0.05, 0) is 40.7 Å². The zero-order valence-corrected chi connectivity index (χ0v) is 15.5. The van der Waals surface area contributed by atoms with Crippen LogP contribution in [0.1, 0.15) is 48.1 Å². The molecule has 1 unspecified atom stereocenters. The second-order valence-electron chi connectivity index (χ2n) is 5.74. The number of rotatable bonds is 10. The van der Waals surface area contributed by atoms with Crippen LogP contribution >= 0.6 is 23.5 Å². The minimum Gasteiger partial charge on any atom is -0.368 e. The van der Waals surface area contributed by atoms with Crippen molar-refractivity contribution in [3.05, 3.63) is 34.4 Å². The van der Waals surface area contributed by atoms with Crippen molar-refractivity contribution in [1.29, 1.82) is 0 Å². The molecule has 2 rings (SSSR count). The molecule has 22 heavy (non-hydrogen) atoms. The fourth-order valence-electron chi connectivity index (χ4n) is 2.68. The van der Waals surface area contributed by atoms with E-state index in [1.54, 1.807) is 23.5 Å². The molecule has 0 bridgehead atoms. The highest BCUT2D eigenvalue weighted by molar-refractivity contribution is 7.98. The summed E-state index contributed by atoms with van der Waals surface area (Å²) in [4.78, 5) is 0. The quantitative estimate of drug-likeness (QED) is 0.353. The Labute approximate surface area is 142 Å². The van der Waals surface area contributed by atoms with Crippen LogP contribution in [0, 0.1) is 0 Å². The van der Waals surface area contributed by atoms with Crippen molar-refractivity contribution < 1.29 is 14.2 Å². The number of ether oxygens (including phenoxy) is 3. The van der Waals surface area contributed by atoms with Gasteiger partial charge in [0.15, 0.2) is 0 Å². The van der Waals surface area contributed by atoms with Crippen LogP contribution in [-0.2, 0) is 27.4 Å². The lowest BCUT2D eigenvalue weighted by Gasteiger charge is -2.20. The maximum absolute atomic E-state index is 5.77. The molecule has 0 radical (unpaired) electrons. The monoisotopic (exact) mass is 342 g/mol. The topological polar surface area (TPSA) is 31.0 Å². The molecule has 1 heterocycles. The molecule has 1 aromatic rings. The fraction of sp³-hybridized carbons (Fsp3) is 0.647. The van der Waals surface area contributed by atoms with Crippen molar-refractivity contribution in [1.82, 2.24) is 0 Å². The molecule has 1 fully saturated rings. The van der Waals surface area contributed by atoms with Crippen molar-refractivity contribution >= 4 is 23.5 Å². The third-order valence-electron chi connectivity index (χ3n) is 3.57. The number of benzene rings is 1. The Hall–Kier alpha value is -0.200. The Bertz CT molecular complexity index is 442. The maximum atomic E-state index is 5.77. The summed E-state index contributed by atoms with van der Waals surface area (Å²) in [5.74, 6) is 1.90. The van der Waals surface area contributed by atoms with Crippen LogP contribution < -0.4 is 0 Å². The van der Waals surface area contributed by atoms with Gasteiger partial charge in [-0.25, -0.2) is 0 Å². The molecule has 0 aliphatic carbocycles. The summed E-state index contributed by atoms with van der Waals surface area (Å²) in [5.41, 5.74) is 5.18. The molecule has 0 amide bonds. The molecule has 1 saturated heterocycles. The minimum absolute atomic E-state index is 0.264. The largest absolute Gasteiger partial charge is 0.368 e. The van der Waals surface area contributed by atoms with E-state index in [-0.39, 0.29) is 6.10 Å². The Kier molecular flexibility index (Phi) is 7.57. The first-order valence-electron chi connectivity index (χ1n) is 7.58. The van der Waals surface area contributed by atoms with Crippen LogP contribution in [0.5, 0.6) is 0 Å². The molecular weight excluding hydrogens is 316 g/mol. The first kappa shape index (κ1) is 18.1. The molecule has 0 spiro atoms. The van der Waals surface area contributed by atoms with Crippen LogP contribution in [0.15, 0.2) is 12.1 Å². The van der Waals surface area contributed by atoms with E-state index >= 15 is 0 Å². The molecule has 0 aromatic heterocycles. The van der Waals surface area contributed by atoms with Gasteiger partial charge in [0.1, 0.15) is 6.10 Å². The first-order valence-corrected chi connectivity index (χ1v) is 10.4. The van der Waals surface area contributed by atoms with E-state index in [1.165, 1.54) is 22.3 Å². The molecule has 1 aromatic carbocycles. The molecule has 1 aliphatic rings. The van der Waals surface area contributed by atoms with E-state index in [0.717, 1.165) is 18.5 Å². The minimum atomic E-state index is 0.264. The van der Waals surface area contributed by atoms with E-state index < -0.39 is 0 Å². The molecule has 124 valence electrons. The average Bonchev–Trinajstić information content (AvgIpc) is 3.31. The highest BCUT2D eigenvalue weighted by atomic mass is 32.2. The first-order chi connectivity index (χ1) is 10.7. The number of hydrogen-bond acceptors (Lipinski definition) is 5. The summed E-state index contributed by atoms with van der Waals surface area (Å²) in [6.07, 6.45) is 4.37. The lowest BCUT2D eigenvalue weighted by molar-refractivity contribution is 0.162. The Morgan fingerprint density at radius 2 is 1.59 bits per heavy atom. The predicted octanol–water partition coefficient (Wildman–Crippen LogP) is 4.56. The summed E-state index contributed by atoms with van der Waals surface area (Å²) >= 11 is 3.41. The van der Waals surface area contributed by atoms with Gasteiger partial charge in [0, 0.05) is 0 Å². The maximum Gasteiger partial charge on any atom is 0.106 e. The van der Waals surface area contributed by atoms with Gasteiger partial charge < -0.3 is 14.2 Å². The van der Waals surface area contributed by atoms with E-state index in [4.69, 9.17) is 14.2 Å². The van der Waals surface area contributed by atoms with E-state index in [9.17, 15) is 0 Å². The van der Waals surface area contributed by atoms with Crippen molar-refractivity contribution in [3.63, 3.8) is 0 Å². The smallest absolute Gasteiger partial charge is 0.106 e. The van der Waals surface area contributed by atoms with Gasteiger partial charge in [-0.2, -0.15) is 0 Å². The lowest BCUT2D eigenvalue weighted by Crippen LogP contribution is -2.07. The van der Waals surface area contributed by atoms with Crippen LogP contribution in [0.4, 0.5) is 0 Å². The van der Waals surface area contributed by atoms with Crippen LogP contribution in [0.25, 0.3) is 0 Å². The normalized spacial score (nSPS) is 17.2. The van der Waals surface area contributed by atoms with Crippen molar-refractivity contribution in [2.75, 3.05) is 31.0 Å². The Morgan fingerprint density at radius 3 is 1.95 bits per heavy atom. The van der Waals surface area contributed by atoms with Gasteiger partial charge >= 0.3 is 0 Å². The third kappa shape index (κ3) is 5.17. The Morgan fingerprint density at radius 1 is 1.09 bits per heavy atom. The molecule has 3 nitrogen and oxygen atoms in total. The van der Waals surface area contributed by atoms with Crippen LogP contribution in [0.2, 0.25) is 0 Å². The van der Waals surface area contributed by atoms with Gasteiger partial charge in [0.25, 0.3) is 0 Å². The SMILES string of the molecule is CSCOCc1cc(C2CO2)cc(COCSC)c1C(C)C. The van der Waals surface area contributed by atoms with Gasteiger partial charge in [0.2, 0.25) is 0 Å². The molecule has 0 saturated carbocycles. The number of hydrogen-bond donors (Lipinski definition) is 0. The number of epoxide rings is 1. The lowest BCUT2D eigenvalue weighted by atomic mass is 9.90. The molecule has 1 aliphatic heterocycles. The van der Waals surface area contributed by atoms with Gasteiger partial charge in [-0.1, -0.05) is 26.0 Å². The fourth-order valence-corrected chi connectivity index (χ4v) is 3.18. The molecule has 1 atom stereocenters. The van der Waals surface area contributed by atoms with Crippen molar-refractivity contribution in [2.24, 2.45) is 0 Å². The van der Waals surface area contributed by atoms with Crippen molar-refractivity contribution in [2.45, 2.75) is 39.1 Å². The third-order valence-corrected chi connectivity index (χ3v) is 4.38. The van der Waals surface area contributed by atoms with Crippen LogP contribution in [-0.4, -0.2) is 31.0 Å². The zero-order chi connectivity index (χ0) is 15.9. The highest BCUT2D eigenvalue weighted by Gasteiger charge is 2.27. The van der Waals surface area contributed by atoms with Gasteiger partial charge in [-0.15, -0.1) is 23.5 Å². The van der Waals surface area contributed by atoms with E-state index in [2.05, 4.69) is 38.5 Å². The average molecular weight is 343 g/mol. The standard InChI is InChI=1S/C17H26O3S2/c1-12(2)17-14(7-18-10-21-3)5-13(16-9-20-16)6-15(17)8-19-11-22-4/h5-6,12,16H,7-11H2,1-4H3. The highest BCUT2D eigenvalue weighted by Crippen LogP contribution is 2.35. The molecule has 0 N–H and O–H groups in total. The summed E-state index contributed by atoms with van der Waals surface area (Å²) in [6.45, 7) is 6.61.